The first-order chi connectivity index (χ1) is 21.3. The van der Waals surface area contributed by atoms with Crippen LogP contribution in [0.5, 0.6) is 0 Å². The number of cyclic esters (lactones) is 1. The molecule has 7 heteroatoms. The molecule has 0 amide bonds. The van der Waals surface area contributed by atoms with Gasteiger partial charge >= 0.3 is 5.97 Å². The van der Waals surface area contributed by atoms with Crippen molar-refractivity contribution in [1.82, 2.24) is 0 Å². The van der Waals surface area contributed by atoms with E-state index in [9.17, 15) is 25.2 Å². The molecule has 1 fully saturated rings. The Hall–Kier alpha value is -1.25. The molecule has 2 rings (SSSR count). The number of hydrogen-bond acceptors (Lipinski definition) is 7. The van der Waals surface area contributed by atoms with Gasteiger partial charge in [-0.05, 0) is 77.2 Å². The van der Waals surface area contributed by atoms with Gasteiger partial charge in [-0.3, -0.25) is 0 Å². The summed E-state index contributed by atoms with van der Waals surface area (Å²) < 4.78 is 11.2. The highest BCUT2D eigenvalue weighted by Crippen LogP contribution is 2.28. The lowest BCUT2D eigenvalue weighted by atomic mass is 9.98. The summed E-state index contributed by atoms with van der Waals surface area (Å²) in [5.74, 6) is -0.310. The van der Waals surface area contributed by atoms with Crippen LogP contribution in [0.3, 0.4) is 0 Å². The molecule has 44 heavy (non-hydrogen) atoms. The molecule has 0 spiro atoms. The second kappa shape index (κ2) is 24.0. The quantitative estimate of drug-likeness (QED) is 0.0423. The zero-order valence-corrected chi connectivity index (χ0v) is 28.1. The van der Waals surface area contributed by atoms with Crippen molar-refractivity contribution in [2.45, 2.75) is 204 Å². The topological polar surface area (TPSA) is 116 Å². The highest BCUT2D eigenvalue weighted by molar-refractivity contribution is 5.90. The van der Waals surface area contributed by atoms with Crippen molar-refractivity contribution in [2.75, 3.05) is 0 Å². The molecule has 2 aliphatic rings. The van der Waals surface area contributed by atoms with Crippen LogP contribution in [0, 0.1) is 0 Å². The molecule has 2 heterocycles. The Kier molecular flexibility index (Phi) is 21.2. The third kappa shape index (κ3) is 17.4. The summed E-state index contributed by atoms with van der Waals surface area (Å²) in [5, 5.41) is 41.6. The van der Waals surface area contributed by atoms with Gasteiger partial charge in [0.1, 0.15) is 6.10 Å². The summed E-state index contributed by atoms with van der Waals surface area (Å²) in [4.78, 5) is 11.7. The molecule has 1 saturated heterocycles. The number of carbonyl (C=O) groups excluding carboxylic acids is 1. The van der Waals surface area contributed by atoms with Crippen LogP contribution in [0.25, 0.3) is 0 Å². The van der Waals surface area contributed by atoms with Crippen LogP contribution in [-0.2, 0) is 14.3 Å². The summed E-state index contributed by atoms with van der Waals surface area (Å²) in [6.45, 7) is 4.08. The molecule has 0 saturated carbocycles. The molecule has 2 aliphatic heterocycles. The van der Waals surface area contributed by atoms with Gasteiger partial charge in [-0.1, -0.05) is 96.1 Å². The molecular weight excluding hydrogens is 556 g/mol. The first kappa shape index (κ1) is 38.9. The van der Waals surface area contributed by atoms with Crippen molar-refractivity contribution >= 4 is 5.97 Å². The van der Waals surface area contributed by atoms with Crippen LogP contribution >= 0.6 is 0 Å². The molecule has 0 unspecified atom stereocenters. The Morgan fingerprint density at radius 3 is 2.09 bits per heavy atom. The second-order valence-corrected chi connectivity index (χ2v) is 13.5. The Labute approximate surface area is 268 Å². The van der Waals surface area contributed by atoms with Crippen molar-refractivity contribution in [3.8, 4) is 0 Å². The summed E-state index contributed by atoms with van der Waals surface area (Å²) in [5.41, 5.74) is 0.582. The number of allylic oxidation sites excluding steroid dienone is 2. The number of esters is 1. The zero-order valence-electron chi connectivity index (χ0n) is 28.1. The first-order valence-electron chi connectivity index (χ1n) is 18.2. The Balaban J connectivity index is 1.43. The van der Waals surface area contributed by atoms with E-state index in [1.165, 1.54) is 64.2 Å². The predicted molar refractivity (Wildman–Crippen MR) is 177 cm³/mol. The fourth-order valence-electron chi connectivity index (χ4n) is 6.46. The lowest BCUT2D eigenvalue weighted by molar-refractivity contribution is -0.139. The zero-order chi connectivity index (χ0) is 32.0. The highest BCUT2D eigenvalue weighted by atomic mass is 16.5. The van der Waals surface area contributed by atoms with E-state index in [1.807, 2.05) is 6.92 Å². The van der Waals surface area contributed by atoms with E-state index in [4.69, 9.17) is 9.47 Å². The van der Waals surface area contributed by atoms with Crippen LogP contribution in [0.2, 0.25) is 0 Å². The molecule has 0 radical (unpaired) electrons. The average Bonchev–Trinajstić information content (AvgIpc) is 3.60. The molecule has 7 atom stereocenters. The minimum Gasteiger partial charge on any atom is -0.455 e. The molecule has 0 aromatic carbocycles. The van der Waals surface area contributed by atoms with Crippen molar-refractivity contribution in [3.63, 3.8) is 0 Å². The van der Waals surface area contributed by atoms with Crippen LogP contribution in [0.1, 0.15) is 162 Å². The molecule has 0 aromatic rings. The average molecular weight is 623 g/mol. The SMILES string of the molecule is CCCCCCCCCCCC/C=C\CC[C@H](O)[C@@H](O)CC[C@H](O)[C@@H]1CC[C@@H](CCCCC[C@@H](O)CC2=C[C@@H](C)OC2=O)O1. The minimum absolute atomic E-state index is 0.141. The standard InChI is InChI=1S/C37H66O7/c1-3-4-5-6-7-8-9-10-11-12-13-14-15-19-22-33(39)34(40)24-25-35(41)36-26-23-32(44-36)21-18-16-17-20-31(38)28-30-27-29(2)43-37(30)42/h14-15,27,29,31-36,38-41H,3-13,16-26,28H2,1-2H3/b15-14-/t29-,31-,32-,33+,34+,35+,36+/m1/s1. The van der Waals surface area contributed by atoms with E-state index >= 15 is 0 Å². The van der Waals surface area contributed by atoms with Gasteiger partial charge in [0, 0.05) is 12.0 Å². The Morgan fingerprint density at radius 1 is 0.773 bits per heavy atom. The molecule has 0 aliphatic carbocycles. The number of carbonyl (C=O) groups is 1. The molecular formula is C37H66O7. The third-order valence-corrected chi connectivity index (χ3v) is 9.30. The van der Waals surface area contributed by atoms with Gasteiger partial charge < -0.3 is 29.9 Å². The largest absolute Gasteiger partial charge is 0.455 e. The normalized spacial score (nSPS) is 23.2. The van der Waals surface area contributed by atoms with Gasteiger partial charge in [0.2, 0.25) is 0 Å². The van der Waals surface area contributed by atoms with Gasteiger partial charge in [0.05, 0.1) is 36.6 Å². The number of hydrogen-bond donors (Lipinski definition) is 4. The summed E-state index contributed by atoms with van der Waals surface area (Å²) in [7, 11) is 0. The predicted octanol–water partition coefficient (Wildman–Crippen LogP) is 7.62. The van der Waals surface area contributed by atoms with E-state index in [0.29, 0.717) is 37.7 Å². The van der Waals surface area contributed by atoms with E-state index in [0.717, 1.165) is 51.4 Å². The van der Waals surface area contributed by atoms with Crippen LogP contribution in [0.4, 0.5) is 0 Å². The van der Waals surface area contributed by atoms with Gasteiger partial charge in [-0.15, -0.1) is 0 Å². The fraction of sp³-hybridized carbons (Fsp3) is 0.865. The van der Waals surface area contributed by atoms with Gasteiger partial charge in [0.15, 0.2) is 0 Å². The number of rotatable bonds is 27. The van der Waals surface area contributed by atoms with Crippen LogP contribution < -0.4 is 0 Å². The molecule has 0 aromatic heterocycles. The maximum absolute atomic E-state index is 11.7. The maximum atomic E-state index is 11.7. The Morgan fingerprint density at radius 2 is 1.41 bits per heavy atom. The Bertz CT molecular complexity index is 797. The van der Waals surface area contributed by atoms with Gasteiger partial charge in [-0.25, -0.2) is 4.79 Å². The van der Waals surface area contributed by atoms with Crippen molar-refractivity contribution in [1.29, 1.82) is 0 Å². The van der Waals surface area contributed by atoms with Gasteiger partial charge in [-0.2, -0.15) is 0 Å². The van der Waals surface area contributed by atoms with Gasteiger partial charge in [0.25, 0.3) is 0 Å². The number of aliphatic hydroxyl groups excluding tert-OH is 4. The molecule has 256 valence electrons. The summed E-state index contributed by atoms with van der Waals surface area (Å²) in [6, 6.07) is 0. The molecule has 7 nitrogen and oxygen atoms in total. The second-order valence-electron chi connectivity index (χ2n) is 13.5. The van der Waals surface area contributed by atoms with Crippen molar-refractivity contribution in [2.24, 2.45) is 0 Å². The number of aliphatic hydroxyl groups is 4. The minimum atomic E-state index is -0.827. The maximum Gasteiger partial charge on any atom is 0.334 e. The van der Waals surface area contributed by atoms with Crippen molar-refractivity contribution < 1.29 is 34.7 Å². The smallest absolute Gasteiger partial charge is 0.334 e. The fourth-order valence-corrected chi connectivity index (χ4v) is 6.46. The molecule has 4 N–H and O–H groups in total. The first-order valence-corrected chi connectivity index (χ1v) is 18.2. The monoisotopic (exact) mass is 622 g/mol. The summed E-state index contributed by atoms with van der Waals surface area (Å²) >= 11 is 0. The van der Waals surface area contributed by atoms with E-state index < -0.39 is 24.4 Å². The highest BCUT2D eigenvalue weighted by Gasteiger charge is 2.31. The van der Waals surface area contributed by atoms with E-state index in [2.05, 4.69) is 19.1 Å². The third-order valence-electron chi connectivity index (χ3n) is 9.30. The van der Waals surface area contributed by atoms with Crippen LogP contribution in [-0.4, -0.2) is 69.1 Å². The summed E-state index contributed by atoms with van der Waals surface area (Å²) in [6.07, 6.45) is 26.3. The lowest BCUT2D eigenvalue weighted by Crippen LogP contribution is -2.31. The van der Waals surface area contributed by atoms with E-state index in [1.54, 1.807) is 6.08 Å². The number of unbranched alkanes of at least 4 members (excludes halogenated alkanes) is 12. The molecule has 0 bridgehead atoms. The van der Waals surface area contributed by atoms with Crippen molar-refractivity contribution in [3.05, 3.63) is 23.8 Å². The lowest BCUT2D eigenvalue weighted by Gasteiger charge is -2.22. The number of ether oxygens (including phenoxy) is 2. The van der Waals surface area contributed by atoms with E-state index in [-0.39, 0.29) is 24.3 Å². The van der Waals surface area contributed by atoms with Crippen LogP contribution in [0.15, 0.2) is 23.8 Å².